The summed E-state index contributed by atoms with van der Waals surface area (Å²) in [5.74, 6) is 1.27. The van der Waals surface area contributed by atoms with Crippen LogP contribution in [0, 0.1) is 5.92 Å². The third kappa shape index (κ3) is 1.70. The molecular formula is C7H11O2. The van der Waals surface area contributed by atoms with Crippen LogP contribution in [0.25, 0.3) is 0 Å². The first-order valence-corrected chi connectivity index (χ1v) is 3.32. The second-order valence-electron chi connectivity index (χ2n) is 2.25. The third-order valence-electron chi connectivity index (χ3n) is 1.61. The lowest BCUT2D eigenvalue weighted by Crippen LogP contribution is -2.18. The van der Waals surface area contributed by atoms with Crippen molar-refractivity contribution in [2.45, 2.75) is 26.2 Å². The standard InChI is InChI=1S/C7H11O2/c1-2-6-3-4-9-7(8)5-6/h2-5H2,1H3. The van der Waals surface area contributed by atoms with Crippen molar-refractivity contribution in [2.24, 2.45) is 0 Å². The number of hydrogen-bond acceptors (Lipinski definition) is 2. The number of carbonyl (C=O) groups excluding carboxylic acids is 1. The fourth-order valence-corrected chi connectivity index (χ4v) is 0.955. The zero-order chi connectivity index (χ0) is 6.69. The molecule has 9 heavy (non-hydrogen) atoms. The van der Waals surface area contributed by atoms with Crippen molar-refractivity contribution in [3.05, 3.63) is 5.92 Å². The molecule has 2 heteroatoms. The largest absolute Gasteiger partial charge is 0.466 e. The van der Waals surface area contributed by atoms with Crippen LogP contribution in [0.5, 0.6) is 0 Å². The minimum absolute atomic E-state index is 0.0573. The Morgan fingerprint density at radius 3 is 2.89 bits per heavy atom. The zero-order valence-electron chi connectivity index (χ0n) is 5.64. The van der Waals surface area contributed by atoms with Gasteiger partial charge in [-0.25, -0.2) is 0 Å². The van der Waals surface area contributed by atoms with Crippen molar-refractivity contribution in [3.63, 3.8) is 0 Å². The Balaban J connectivity index is 2.32. The SMILES string of the molecule is CC[C]1CCOC(=O)C1. The Kier molecular flexibility index (Phi) is 2.09. The topological polar surface area (TPSA) is 26.3 Å². The number of ether oxygens (including phenoxy) is 1. The summed E-state index contributed by atoms with van der Waals surface area (Å²) in [6.07, 6.45) is 2.55. The molecule has 0 aromatic heterocycles. The van der Waals surface area contributed by atoms with Gasteiger partial charge in [-0.1, -0.05) is 6.92 Å². The van der Waals surface area contributed by atoms with Crippen molar-refractivity contribution in [3.8, 4) is 0 Å². The van der Waals surface area contributed by atoms with Crippen molar-refractivity contribution in [2.75, 3.05) is 6.61 Å². The highest BCUT2D eigenvalue weighted by atomic mass is 16.5. The average Bonchev–Trinajstić information content (AvgIpc) is 1.88. The fourth-order valence-electron chi connectivity index (χ4n) is 0.955. The molecule has 2 nitrogen and oxygen atoms in total. The number of rotatable bonds is 1. The normalized spacial score (nSPS) is 21.7. The Bertz CT molecular complexity index is 109. The third-order valence-corrected chi connectivity index (χ3v) is 1.61. The molecule has 0 bridgehead atoms. The number of carbonyl (C=O) groups is 1. The van der Waals surface area contributed by atoms with Crippen LogP contribution in [0.3, 0.4) is 0 Å². The highest BCUT2D eigenvalue weighted by molar-refractivity contribution is 5.72. The summed E-state index contributed by atoms with van der Waals surface area (Å²) in [5, 5.41) is 0. The maximum absolute atomic E-state index is 10.6. The van der Waals surface area contributed by atoms with Gasteiger partial charge in [0.2, 0.25) is 0 Å². The molecule has 1 heterocycles. The van der Waals surface area contributed by atoms with Crippen LogP contribution in [0.1, 0.15) is 26.2 Å². The second kappa shape index (κ2) is 2.85. The summed E-state index contributed by atoms with van der Waals surface area (Å²) in [7, 11) is 0. The molecule has 0 aliphatic carbocycles. The number of hydrogen-bond donors (Lipinski definition) is 0. The van der Waals surface area contributed by atoms with Crippen molar-refractivity contribution < 1.29 is 9.53 Å². The number of esters is 1. The Labute approximate surface area is 55.2 Å². The fraction of sp³-hybridized carbons (Fsp3) is 0.714. The van der Waals surface area contributed by atoms with E-state index in [1.54, 1.807) is 0 Å². The quantitative estimate of drug-likeness (QED) is 0.496. The van der Waals surface area contributed by atoms with Crippen LogP contribution >= 0.6 is 0 Å². The highest BCUT2D eigenvalue weighted by Gasteiger charge is 2.18. The van der Waals surface area contributed by atoms with Crippen LogP contribution in [-0.4, -0.2) is 12.6 Å². The molecule has 1 rings (SSSR count). The highest BCUT2D eigenvalue weighted by Crippen LogP contribution is 2.20. The molecule has 0 saturated carbocycles. The molecule has 0 aromatic rings. The molecule has 1 aliphatic heterocycles. The lowest BCUT2D eigenvalue weighted by molar-refractivity contribution is -0.145. The molecule has 0 spiro atoms. The van der Waals surface area contributed by atoms with Crippen LogP contribution in [0.4, 0.5) is 0 Å². The van der Waals surface area contributed by atoms with Gasteiger partial charge in [0.15, 0.2) is 0 Å². The predicted molar refractivity (Wildman–Crippen MR) is 33.7 cm³/mol. The maximum Gasteiger partial charge on any atom is 0.306 e. The van der Waals surface area contributed by atoms with Gasteiger partial charge in [0.05, 0.1) is 13.0 Å². The van der Waals surface area contributed by atoms with Crippen molar-refractivity contribution >= 4 is 5.97 Å². The van der Waals surface area contributed by atoms with Gasteiger partial charge in [-0.2, -0.15) is 0 Å². The maximum atomic E-state index is 10.6. The van der Waals surface area contributed by atoms with Crippen LogP contribution in [-0.2, 0) is 9.53 Å². The summed E-state index contributed by atoms with van der Waals surface area (Å²) in [6.45, 7) is 2.68. The molecule has 0 atom stereocenters. The van der Waals surface area contributed by atoms with E-state index in [0.717, 1.165) is 12.8 Å². The monoisotopic (exact) mass is 127 g/mol. The van der Waals surface area contributed by atoms with Crippen LogP contribution < -0.4 is 0 Å². The Morgan fingerprint density at radius 1 is 1.67 bits per heavy atom. The average molecular weight is 127 g/mol. The summed E-state index contributed by atoms with van der Waals surface area (Å²) in [6, 6.07) is 0. The molecule has 1 radical (unpaired) electrons. The first kappa shape index (κ1) is 6.59. The van der Waals surface area contributed by atoms with Crippen molar-refractivity contribution in [1.82, 2.24) is 0 Å². The smallest absolute Gasteiger partial charge is 0.306 e. The van der Waals surface area contributed by atoms with E-state index in [-0.39, 0.29) is 5.97 Å². The first-order chi connectivity index (χ1) is 4.33. The van der Waals surface area contributed by atoms with E-state index in [1.807, 2.05) is 0 Å². The molecule has 0 unspecified atom stereocenters. The molecule has 1 aliphatic rings. The lowest BCUT2D eigenvalue weighted by Gasteiger charge is -2.18. The van der Waals surface area contributed by atoms with Gasteiger partial charge in [0, 0.05) is 0 Å². The van der Waals surface area contributed by atoms with Crippen molar-refractivity contribution in [1.29, 1.82) is 0 Å². The molecular weight excluding hydrogens is 116 g/mol. The number of cyclic esters (lactones) is 1. The van der Waals surface area contributed by atoms with E-state index >= 15 is 0 Å². The van der Waals surface area contributed by atoms with Gasteiger partial charge < -0.3 is 4.74 Å². The molecule has 1 fully saturated rings. The minimum Gasteiger partial charge on any atom is -0.466 e. The molecule has 0 aromatic carbocycles. The Morgan fingerprint density at radius 2 is 2.44 bits per heavy atom. The van der Waals surface area contributed by atoms with Gasteiger partial charge in [-0.15, -0.1) is 0 Å². The molecule has 1 saturated heterocycles. The Hall–Kier alpha value is -0.530. The zero-order valence-corrected chi connectivity index (χ0v) is 5.64. The van der Waals surface area contributed by atoms with E-state index < -0.39 is 0 Å². The van der Waals surface area contributed by atoms with Gasteiger partial charge in [-0.3, -0.25) is 4.79 Å². The van der Waals surface area contributed by atoms with E-state index in [0.29, 0.717) is 13.0 Å². The van der Waals surface area contributed by atoms with Gasteiger partial charge in [0.25, 0.3) is 0 Å². The van der Waals surface area contributed by atoms with E-state index in [2.05, 4.69) is 6.92 Å². The van der Waals surface area contributed by atoms with Gasteiger partial charge in [-0.05, 0) is 18.8 Å². The van der Waals surface area contributed by atoms with Gasteiger partial charge >= 0.3 is 5.97 Å². The van der Waals surface area contributed by atoms with Gasteiger partial charge in [0.1, 0.15) is 0 Å². The second-order valence-corrected chi connectivity index (χ2v) is 2.25. The molecule has 0 N–H and O–H groups in total. The summed E-state index contributed by atoms with van der Waals surface area (Å²) >= 11 is 0. The molecule has 51 valence electrons. The molecule has 0 amide bonds. The van der Waals surface area contributed by atoms with Crippen LogP contribution in [0.2, 0.25) is 0 Å². The minimum atomic E-state index is -0.0573. The van der Waals surface area contributed by atoms with E-state index in [1.165, 1.54) is 5.92 Å². The predicted octanol–water partition coefficient (Wildman–Crippen LogP) is 1.31. The summed E-state index contributed by atoms with van der Waals surface area (Å²) < 4.78 is 4.75. The summed E-state index contributed by atoms with van der Waals surface area (Å²) in [4.78, 5) is 10.6. The first-order valence-electron chi connectivity index (χ1n) is 3.32. The lowest BCUT2D eigenvalue weighted by atomic mass is 9.97. The van der Waals surface area contributed by atoms with E-state index in [4.69, 9.17) is 4.74 Å². The van der Waals surface area contributed by atoms with Crippen LogP contribution in [0.15, 0.2) is 0 Å². The summed E-state index contributed by atoms with van der Waals surface area (Å²) in [5.41, 5.74) is 0. The van der Waals surface area contributed by atoms with E-state index in [9.17, 15) is 4.79 Å².